The van der Waals surface area contributed by atoms with Gasteiger partial charge in [-0.25, -0.2) is 0 Å². The van der Waals surface area contributed by atoms with Crippen molar-refractivity contribution < 1.29 is 4.79 Å². The minimum Gasteiger partial charge on any atom is -0.352 e. The Morgan fingerprint density at radius 1 is 1.35 bits per heavy atom. The fourth-order valence-corrected chi connectivity index (χ4v) is 1.74. The van der Waals surface area contributed by atoms with Crippen LogP contribution in [0.15, 0.2) is 36.7 Å². The molecule has 1 aromatic heterocycles. The van der Waals surface area contributed by atoms with E-state index in [0.29, 0.717) is 13.0 Å². The molecule has 1 aromatic carbocycles. The molecule has 5 heteroatoms. The van der Waals surface area contributed by atoms with Gasteiger partial charge in [-0.3, -0.25) is 4.79 Å². The number of carbonyl (C=O) groups is 1. The van der Waals surface area contributed by atoms with E-state index in [9.17, 15) is 4.79 Å². The number of aromatic nitrogens is 3. The van der Waals surface area contributed by atoms with Crippen LogP contribution in [0.4, 0.5) is 0 Å². The minimum absolute atomic E-state index is 0.104. The van der Waals surface area contributed by atoms with Gasteiger partial charge in [-0.05, 0) is 18.6 Å². The first kappa shape index (κ1) is 14.0. The maximum atomic E-state index is 11.7. The lowest BCUT2D eigenvalue weighted by molar-refractivity contribution is -0.116. The second kappa shape index (κ2) is 6.65. The molecule has 0 fully saturated rings. The van der Waals surface area contributed by atoms with Crippen molar-refractivity contribution in [2.75, 3.05) is 6.54 Å². The van der Waals surface area contributed by atoms with E-state index in [0.717, 1.165) is 11.4 Å². The van der Waals surface area contributed by atoms with E-state index in [2.05, 4.69) is 15.5 Å². The van der Waals surface area contributed by atoms with Crippen molar-refractivity contribution in [3.63, 3.8) is 0 Å². The largest absolute Gasteiger partial charge is 0.352 e. The summed E-state index contributed by atoms with van der Waals surface area (Å²) in [7, 11) is 1.88. The van der Waals surface area contributed by atoms with Gasteiger partial charge in [0.1, 0.15) is 12.2 Å². The molecule has 2 aromatic rings. The molecule has 0 aliphatic carbocycles. The Morgan fingerprint density at radius 3 is 2.75 bits per heavy atom. The van der Waals surface area contributed by atoms with Crippen molar-refractivity contribution in [1.29, 1.82) is 0 Å². The normalized spacial score (nSPS) is 10.9. The van der Waals surface area contributed by atoms with Gasteiger partial charge in [0, 0.05) is 26.1 Å². The summed E-state index contributed by atoms with van der Waals surface area (Å²) in [5.74, 6) is 0.751. The van der Waals surface area contributed by atoms with Crippen LogP contribution in [0.3, 0.4) is 0 Å². The molecule has 2 rings (SSSR count). The van der Waals surface area contributed by atoms with Gasteiger partial charge in [-0.2, -0.15) is 0 Å². The third-order valence-corrected chi connectivity index (χ3v) is 2.96. The molecular formula is C15H18N4O. The lowest BCUT2D eigenvalue weighted by Gasteiger charge is -2.01. The third-order valence-electron chi connectivity index (χ3n) is 2.96. The Kier molecular flexibility index (Phi) is 4.65. The molecule has 0 aliphatic rings. The molecule has 0 bridgehead atoms. The summed E-state index contributed by atoms with van der Waals surface area (Å²) in [4.78, 5) is 11.7. The van der Waals surface area contributed by atoms with E-state index in [1.165, 1.54) is 5.56 Å². The zero-order valence-electron chi connectivity index (χ0n) is 11.7. The number of nitrogens with zero attached hydrogens (tertiary/aromatic N) is 3. The second-order valence-corrected chi connectivity index (χ2v) is 4.64. The van der Waals surface area contributed by atoms with Crippen LogP contribution >= 0.6 is 0 Å². The molecule has 0 atom stereocenters. The number of benzene rings is 1. The summed E-state index contributed by atoms with van der Waals surface area (Å²) in [6.45, 7) is 2.58. The van der Waals surface area contributed by atoms with E-state index >= 15 is 0 Å². The summed E-state index contributed by atoms with van der Waals surface area (Å²) in [5, 5.41) is 10.6. The van der Waals surface area contributed by atoms with Gasteiger partial charge >= 0.3 is 0 Å². The van der Waals surface area contributed by atoms with Crippen LogP contribution in [0.1, 0.15) is 17.0 Å². The Hall–Kier alpha value is -2.43. The van der Waals surface area contributed by atoms with Crippen LogP contribution < -0.4 is 5.32 Å². The highest BCUT2D eigenvalue weighted by Gasteiger charge is 2.01. The van der Waals surface area contributed by atoms with Crippen LogP contribution in [0, 0.1) is 6.92 Å². The maximum Gasteiger partial charge on any atom is 0.244 e. The van der Waals surface area contributed by atoms with Crippen molar-refractivity contribution in [2.45, 2.75) is 13.3 Å². The molecule has 20 heavy (non-hydrogen) atoms. The highest BCUT2D eigenvalue weighted by molar-refractivity contribution is 5.91. The van der Waals surface area contributed by atoms with E-state index in [1.807, 2.05) is 42.8 Å². The van der Waals surface area contributed by atoms with Gasteiger partial charge < -0.3 is 9.88 Å². The van der Waals surface area contributed by atoms with E-state index in [-0.39, 0.29) is 5.91 Å². The van der Waals surface area contributed by atoms with Gasteiger partial charge in [0.15, 0.2) is 0 Å². The Labute approximate surface area is 118 Å². The summed E-state index contributed by atoms with van der Waals surface area (Å²) in [5.41, 5.74) is 2.22. The number of nitrogens with one attached hydrogen (secondary N) is 1. The monoisotopic (exact) mass is 270 g/mol. The van der Waals surface area contributed by atoms with Crippen LogP contribution in [-0.2, 0) is 18.3 Å². The first-order valence-electron chi connectivity index (χ1n) is 6.50. The molecule has 0 unspecified atom stereocenters. The SMILES string of the molecule is Cc1ccc(/C=C\C(=O)NCCc2nncn2C)cc1. The predicted octanol–water partition coefficient (Wildman–Crippen LogP) is 1.50. The summed E-state index contributed by atoms with van der Waals surface area (Å²) in [6.07, 6.45) is 5.66. The van der Waals surface area contributed by atoms with Gasteiger partial charge in [0.25, 0.3) is 0 Å². The lowest BCUT2D eigenvalue weighted by Crippen LogP contribution is -2.24. The molecule has 0 spiro atoms. The van der Waals surface area contributed by atoms with Crippen molar-refractivity contribution in [3.05, 3.63) is 53.6 Å². The molecule has 1 heterocycles. The molecular weight excluding hydrogens is 252 g/mol. The average Bonchev–Trinajstić information content (AvgIpc) is 2.84. The summed E-state index contributed by atoms with van der Waals surface area (Å²) < 4.78 is 1.84. The summed E-state index contributed by atoms with van der Waals surface area (Å²) in [6, 6.07) is 8.01. The average molecular weight is 270 g/mol. The number of carbonyl (C=O) groups excluding carboxylic acids is 1. The molecule has 0 radical (unpaired) electrons. The fourth-order valence-electron chi connectivity index (χ4n) is 1.74. The van der Waals surface area contributed by atoms with Crippen LogP contribution in [0.2, 0.25) is 0 Å². The fraction of sp³-hybridized carbons (Fsp3) is 0.267. The van der Waals surface area contributed by atoms with Gasteiger partial charge in [0.2, 0.25) is 5.91 Å². The standard InChI is InChI=1S/C15H18N4O/c1-12-3-5-13(6-4-12)7-8-15(20)16-10-9-14-18-17-11-19(14)2/h3-8,11H,9-10H2,1-2H3,(H,16,20)/b8-7-. The number of amides is 1. The van der Waals surface area contributed by atoms with Crippen LogP contribution in [0.25, 0.3) is 6.08 Å². The van der Waals surface area contributed by atoms with E-state index in [1.54, 1.807) is 18.5 Å². The maximum absolute atomic E-state index is 11.7. The predicted molar refractivity (Wildman–Crippen MR) is 77.9 cm³/mol. The second-order valence-electron chi connectivity index (χ2n) is 4.64. The number of rotatable bonds is 5. The van der Waals surface area contributed by atoms with E-state index in [4.69, 9.17) is 0 Å². The summed E-state index contributed by atoms with van der Waals surface area (Å²) >= 11 is 0. The quantitative estimate of drug-likeness (QED) is 0.837. The molecule has 5 nitrogen and oxygen atoms in total. The molecule has 0 saturated carbocycles. The third kappa shape index (κ3) is 4.05. The highest BCUT2D eigenvalue weighted by Crippen LogP contribution is 2.04. The Balaban J connectivity index is 1.78. The highest BCUT2D eigenvalue weighted by atomic mass is 16.1. The van der Waals surface area contributed by atoms with Gasteiger partial charge in [0.05, 0.1) is 0 Å². The number of hydrogen-bond donors (Lipinski definition) is 1. The first-order chi connectivity index (χ1) is 9.65. The van der Waals surface area contributed by atoms with Gasteiger partial charge in [-0.15, -0.1) is 10.2 Å². The first-order valence-corrected chi connectivity index (χ1v) is 6.50. The number of hydrogen-bond acceptors (Lipinski definition) is 3. The zero-order valence-corrected chi connectivity index (χ0v) is 11.7. The van der Waals surface area contributed by atoms with E-state index < -0.39 is 0 Å². The van der Waals surface area contributed by atoms with Gasteiger partial charge in [-0.1, -0.05) is 29.8 Å². The molecule has 0 saturated heterocycles. The van der Waals surface area contributed by atoms with Crippen molar-refractivity contribution >= 4 is 12.0 Å². The van der Waals surface area contributed by atoms with Crippen molar-refractivity contribution in [3.8, 4) is 0 Å². The molecule has 1 N–H and O–H groups in total. The van der Waals surface area contributed by atoms with Crippen LogP contribution in [-0.4, -0.2) is 27.2 Å². The number of aryl methyl sites for hydroxylation is 2. The zero-order chi connectivity index (χ0) is 14.4. The topological polar surface area (TPSA) is 59.8 Å². The Morgan fingerprint density at radius 2 is 2.10 bits per heavy atom. The van der Waals surface area contributed by atoms with Crippen molar-refractivity contribution in [1.82, 2.24) is 20.1 Å². The minimum atomic E-state index is -0.104. The smallest absolute Gasteiger partial charge is 0.244 e. The Bertz CT molecular complexity index is 599. The lowest BCUT2D eigenvalue weighted by atomic mass is 10.1. The molecule has 0 aliphatic heterocycles. The molecule has 104 valence electrons. The van der Waals surface area contributed by atoms with Crippen molar-refractivity contribution in [2.24, 2.45) is 7.05 Å². The van der Waals surface area contributed by atoms with Crippen LogP contribution in [0.5, 0.6) is 0 Å². The molecule has 1 amide bonds.